The minimum Gasteiger partial charge on any atom is -0.503 e. The highest BCUT2D eigenvalue weighted by atomic mass is 19.1. The van der Waals surface area contributed by atoms with Crippen LogP contribution >= 0.6 is 0 Å². The van der Waals surface area contributed by atoms with Crippen molar-refractivity contribution in [2.45, 2.75) is 0 Å². The molecule has 11 nitrogen and oxygen atoms in total. The van der Waals surface area contributed by atoms with Gasteiger partial charge in [0.15, 0.2) is 23.1 Å². The van der Waals surface area contributed by atoms with Crippen LogP contribution in [0.2, 0.25) is 0 Å². The lowest BCUT2D eigenvalue weighted by Gasteiger charge is -2.27. The lowest BCUT2D eigenvalue weighted by molar-refractivity contribution is 0.122. The Balaban J connectivity index is 1.76. The average molecular weight is 420 g/mol. The molecule has 12 heteroatoms. The molecule has 2 aromatic rings. The Kier molecular flexibility index (Phi) is 6.80. The van der Waals surface area contributed by atoms with Crippen molar-refractivity contribution in [3.8, 4) is 11.5 Å². The number of halogens is 1. The lowest BCUT2D eigenvalue weighted by atomic mass is 10.2. The molecule has 0 radical (unpaired) electrons. The van der Waals surface area contributed by atoms with E-state index in [-0.39, 0.29) is 29.0 Å². The van der Waals surface area contributed by atoms with Gasteiger partial charge in [-0.3, -0.25) is 5.32 Å². The largest absolute Gasteiger partial charge is 0.503 e. The average Bonchev–Trinajstić information content (AvgIpc) is 2.77. The van der Waals surface area contributed by atoms with Gasteiger partial charge in [-0.15, -0.1) is 0 Å². The number of aromatic nitrogens is 2. The Hall–Kier alpha value is -3.67. The maximum Gasteiger partial charge on any atom is 0.411 e. The number of morpholine rings is 1. The van der Waals surface area contributed by atoms with Gasteiger partial charge >= 0.3 is 6.09 Å². The van der Waals surface area contributed by atoms with Crippen molar-refractivity contribution in [3.63, 3.8) is 0 Å². The first-order chi connectivity index (χ1) is 14.5. The molecule has 0 unspecified atom stereocenters. The molecular formula is C18H21FN6O5. The van der Waals surface area contributed by atoms with Crippen LogP contribution in [0.4, 0.5) is 26.6 Å². The Labute approximate surface area is 171 Å². The summed E-state index contributed by atoms with van der Waals surface area (Å²) in [6, 6.07) is 2.97. The number of ether oxygens (including phenoxy) is 3. The molecule has 160 valence electrons. The Bertz CT molecular complexity index is 936. The van der Waals surface area contributed by atoms with Gasteiger partial charge in [-0.2, -0.15) is 10.1 Å². The minimum absolute atomic E-state index is 0.0790. The van der Waals surface area contributed by atoms with Crippen LogP contribution in [0.5, 0.6) is 11.5 Å². The molecule has 30 heavy (non-hydrogen) atoms. The number of phenolic OH excluding ortho intramolecular Hbond substituents is 1. The van der Waals surface area contributed by atoms with Crippen molar-refractivity contribution >= 4 is 29.8 Å². The molecule has 0 bridgehead atoms. The summed E-state index contributed by atoms with van der Waals surface area (Å²) >= 11 is 0. The molecule has 1 aliphatic rings. The molecule has 1 aromatic heterocycles. The quantitative estimate of drug-likeness (QED) is 0.364. The van der Waals surface area contributed by atoms with E-state index in [0.29, 0.717) is 31.9 Å². The molecule has 2 heterocycles. The number of amides is 1. The van der Waals surface area contributed by atoms with Gasteiger partial charge < -0.3 is 24.2 Å². The Morgan fingerprint density at radius 2 is 2.13 bits per heavy atom. The standard InChI is InChI=1S/C18H21FN6O5/c1-28-14-8-11(7-13(15(14)26)22-18(27)29-2)9-21-24-17-20-10-12(19)16(23-17)25-3-5-30-6-4-25/h7-10,26H,3-6H2,1-2H3,(H,22,27)(H,20,23,24)/b21-9-. The second-order valence-electron chi connectivity index (χ2n) is 6.07. The van der Waals surface area contributed by atoms with Crippen molar-refractivity contribution in [1.82, 2.24) is 9.97 Å². The number of carbonyl (C=O) groups is 1. The smallest absolute Gasteiger partial charge is 0.411 e. The summed E-state index contributed by atoms with van der Waals surface area (Å²) in [6.45, 7) is 2.05. The van der Waals surface area contributed by atoms with Gasteiger partial charge in [0.05, 0.1) is 45.5 Å². The second kappa shape index (κ2) is 9.69. The number of hydrogen-bond donors (Lipinski definition) is 3. The third kappa shape index (κ3) is 5.03. The van der Waals surface area contributed by atoms with E-state index < -0.39 is 11.9 Å². The molecule has 0 spiro atoms. The van der Waals surface area contributed by atoms with Gasteiger partial charge in [0.2, 0.25) is 5.95 Å². The summed E-state index contributed by atoms with van der Waals surface area (Å²) in [5, 5.41) is 16.5. The van der Waals surface area contributed by atoms with Crippen molar-refractivity contribution in [3.05, 3.63) is 29.7 Å². The highest BCUT2D eigenvalue weighted by molar-refractivity contribution is 5.91. The first-order valence-corrected chi connectivity index (χ1v) is 8.92. The fraction of sp³-hybridized carbons (Fsp3) is 0.333. The van der Waals surface area contributed by atoms with Crippen molar-refractivity contribution in [2.24, 2.45) is 5.10 Å². The van der Waals surface area contributed by atoms with E-state index in [2.05, 4.69) is 30.5 Å². The van der Waals surface area contributed by atoms with Crippen molar-refractivity contribution in [1.29, 1.82) is 0 Å². The zero-order valence-corrected chi connectivity index (χ0v) is 16.4. The molecule has 1 aliphatic heterocycles. The monoisotopic (exact) mass is 420 g/mol. The molecule has 0 saturated carbocycles. The van der Waals surface area contributed by atoms with E-state index in [4.69, 9.17) is 9.47 Å². The first-order valence-electron chi connectivity index (χ1n) is 8.92. The normalized spacial score (nSPS) is 13.9. The van der Waals surface area contributed by atoms with Gasteiger partial charge in [-0.1, -0.05) is 0 Å². The number of hydrazone groups is 1. The number of methoxy groups -OCH3 is 2. The summed E-state index contributed by atoms with van der Waals surface area (Å²) in [5.74, 6) is -0.397. The highest BCUT2D eigenvalue weighted by Crippen LogP contribution is 2.35. The van der Waals surface area contributed by atoms with Crippen LogP contribution in [0, 0.1) is 5.82 Å². The molecule has 3 N–H and O–H groups in total. The zero-order chi connectivity index (χ0) is 21.5. The number of benzene rings is 1. The predicted octanol–water partition coefficient (Wildman–Crippen LogP) is 1.79. The van der Waals surface area contributed by atoms with Crippen LogP contribution in [-0.4, -0.2) is 67.9 Å². The van der Waals surface area contributed by atoms with Gasteiger partial charge in [-0.05, 0) is 12.1 Å². The summed E-state index contributed by atoms with van der Waals surface area (Å²) < 4.78 is 29.0. The van der Waals surface area contributed by atoms with Crippen LogP contribution in [0.1, 0.15) is 5.56 Å². The third-order valence-electron chi connectivity index (χ3n) is 4.15. The fourth-order valence-electron chi connectivity index (χ4n) is 2.69. The van der Waals surface area contributed by atoms with Crippen molar-refractivity contribution in [2.75, 3.05) is 56.2 Å². The predicted molar refractivity (Wildman–Crippen MR) is 107 cm³/mol. The number of nitrogens with one attached hydrogen (secondary N) is 2. The molecule has 0 aliphatic carbocycles. The van der Waals surface area contributed by atoms with Gasteiger partial charge in [0.1, 0.15) is 0 Å². The Morgan fingerprint density at radius 1 is 1.37 bits per heavy atom. The van der Waals surface area contributed by atoms with Crippen LogP contribution in [-0.2, 0) is 9.47 Å². The van der Waals surface area contributed by atoms with E-state index in [1.54, 1.807) is 4.90 Å². The summed E-state index contributed by atoms with van der Waals surface area (Å²) in [7, 11) is 2.57. The molecule has 1 aromatic carbocycles. The maximum atomic E-state index is 14.1. The topological polar surface area (TPSA) is 130 Å². The van der Waals surface area contributed by atoms with E-state index >= 15 is 0 Å². The zero-order valence-electron chi connectivity index (χ0n) is 16.4. The maximum absolute atomic E-state index is 14.1. The van der Waals surface area contributed by atoms with Crippen LogP contribution in [0.25, 0.3) is 0 Å². The summed E-state index contributed by atoms with van der Waals surface area (Å²) in [5.41, 5.74) is 3.19. The third-order valence-corrected chi connectivity index (χ3v) is 4.15. The van der Waals surface area contributed by atoms with Gasteiger partial charge in [0.25, 0.3) is 0 Å². The molecule has 0 atom stereocenters. The van der Waals surface area contributed by atoms with E-state index in [9.17, 15) is 14.3 Å². The number of phenols is 1. The van der Waals surface area contributed by atoms with E-state index in [1.165, 1.54) is 32.6 Å². The number of rotatable bonds is 6. The molecule has 1 saturated heterocycles. The molecular weight excluding hydrogens is 399 g/mol. The Morgan fingerprint density at radius 3 is 2.83 bits per heavy atom. The van der Waals surface area contributed by atoms with Crippen LogP contribution in [0.15, 0.2) is 23.4 Å². The number of aromatic hydroxyl groups is 1. The highest BCUT2D eigenvalue weighted by Gasteiger charge is 2.18. The van der Waals surface area contributed by atoms with E-state index in [1.807, 2.05) is 0 Å². The van der Waals surface area contributed by atoms with Gasteiger partial charge in [0, 0.05) is 18.7 Å². The van der Waals surface area contributed by atoms with Crippen LogP contribution in [0.3, 0.4) is 0 Å². The van der Waals surface area contributed by atoms with Gasteiger partial charge in [-0.25, -0.2) is 19.6 Å². The summed E-state index contributed by atoms with van der Waals surface area (Å²) in [6.07, 6.45) is 1.71. The number of nitrogens with zero attached hydrogens (tertiary/aromatic N) is 4. The molecule has 3 rings (SSSR count). The van der Waals surface area contributed by atoms with E-state index in [0.717, 1.165) is 6.20 Å². The van der Waals surface area contributed by atoms with Crippen molar-refractivity contribution < 1.29 is 28.5 Å². The fourth-order valence-corrected chi connectivity index (χ4v) is 2.69. The number of anilines is 3. The van der Waals surface area contributed by atoms with Crippen LogP contribution < -0.4 is 20.4 Å². The SMILES string of the molecule is COC(=O)Nc1cc(/C=N\Nc2ncc(F)c(N3CCOCC3)n2)cc(OC)c1O. The number of hydrogen-bond acceptors (Lipinski definition) is 10. The number of carbonyl (C=O) groups excluding carboxylic acids is 1. The minimum atomic E-state index is -0.755. The molecule has 1 fully saturated rings. The summed E-state index contributed by atoms with van der Waals surface area (Å²) in [4.78, 5) is 21.2. The second-order valence-corrected chi connectivity index (χ2v) is 6.07. The molecule has 1 amide bonds. The lowest BCUT2D eigenvalue weighted by Crippen LogP contribution is -2.37. The first kappa shape index (κ1) is 21.0.